The van der Waals surface area contributed by atoms with E-state index in [-0.39, 0.29) is 24.0 Å². The average molecular weight is 441 g/mol. The quantitative estimate of drug-likeness (QED) is 0.301. The molecule has 0 radical (unpaired) electrons. The molecule has 0 aliphatic heterocycles. The van der Waals surface area contributed by atoms with Gasteiger partial charge in [-0.15, -0.1) is 24.0 Å². The van der Waals surface area contributed by atoms with Crippen LogP contribution in [-0.4, -0.2) is 28.8 Å². The third-order valence-corrected chi connectivity index (χ3v) is 3.54. The second-order valence-corrected chi connectivity index (χ2v) is 5.74. The zero-order chi connectivity index (χ0) is 16.5. The zero-order valence-corrected chi connectivity index (χ0v) is 17.1. The van der Waals surface area contributed by atoms with Crippen LogP contribution < -0.4 is 10.6 Å². The van der Waals surface area contributed by atoms with Crippen LogP contribution in [0.25, 0.3) is 0 Å². The smallest absolute Gasteiger partial charge is 0.191 e. The molecule has 1 heterocycles. The number of aryl methyl sites for hydroxylation is 3. The molecule has 1 aromatic heterocycles. The van der Waals surface area contributed by atoms with E-state index in [1.165, 1.54) is 16.7 Å². The first-order chi connectivity index (χ1) is 11.2. The van der Waals surface area contributed by atoms with Crippen molar-refractivity contribution in [3.8, 4) is 0 Å². The Hall–Kier alpha value is -1.57. The number of aromatic nitrogens is 2. The van der Waals surface area contributed by atoms with Crippen molar-refractivity contribution in [2.75, 3.05) is 13.1 Å². The van der Waals surface area contributed by atoms with Crippen molar-refractivity contribution in [3.05, 3.63) is 53.3 Å². The minimum absolute atomic E-state index is 0. The summed E-state index contributed by atoms with van der Waals surface area (Å²) in [6, 6.07) is 8.47. The van der Waals surface area contributed by atoms with E-state index in [0.717, 1.165) is 31.9 Å². The molecule has 1 aromatic carbocycles. The molecule has 0 aliphatic carbocycles. The van der Waals surface area contributed by atoms with Crippen molar-refractivity contribution in [2.45, 2.75) is 33.2 Å². The molecule has 2 N–H and O–H groups in total. The summed E-state index contributed by atoms with van der Waals surface area (Å²) < 4.78 is 1.84. The summed E-state index contributed by atoms with van der Waals surface area (Å²) in [5, 5.41) is 10.9. The van der Waals surface area contributed by atoms with E-state index < -0.39 is 0 Å². The van der Waals surface area contributed by atoms with E-state index in [0.29, 0.717) is 6.54 Å². The van der Waals surface area contributed by atoms with Gasteiger partial charge in [-0.25, -0.2) is 4.99 Å². The Morgan fingerprint density at radius 3 is 2.75 bits per heavy atom. The summed E-state index contributed by atoms with van der Waals surface area (Å²) in [5.74, 6) is 0.875. The topological polar surface area (TPSA) is 54.2 Å². The van der Waals surface area contributed by atoms with Gasteiger partial charge in [-0.1, -0.05) is 29.8 Å². The second-order valence-electron chi connectivity index (χ2n) is 5.74. The molecule has 0 bridgehead atoms. The fraction of sp³-hybridized carbons (Fsp3) is 0.444. The van der Waals surface area contributed by atoms with Crippen LogP contribution in [0.3, 0.4) is 0 Å². The monoisotopic (exact) mass is 441 g/mol. The predicted molar refractivity (Wildman–Crippen MR) is 111 cm³/mol. The maximum absolute atomic E-state index is 4.65. The number of benzene rings is 1. The lowest BCUT2D eigenvalue weighted by Gasteiger charge is -2.11. The van der Waals surface area contributed by atoms with Crippen LogP contribution in [0, 0.1) is 6.92 Å². The maximum Gasteiger partial charge on any atom is 0.191 e. The molecule has 132 valence electrons. The number of hydrogen-bond acceptors (Lipinski definition) is 2. The lowest BCUT2D eigenvalue weighted by molar-refractivity contribution is 0.740. The Labute approximate surface area is 162 Å². The molecule has 6 heteroatoms. The normalized spacial score (nSPS) is 11.0. The summed E-state index contributed by atoms with van der Waals surface area (Å²) in [7, 11) is 1.95. The van der Waals surface area contributed by atoms with Gasteiger partial charge in [0.2, 0.25) is 0 Å². The van der Waals surface area contributed by atoms with Crippen molar-refractivity contribution < 1.29 is 0 Å². The number of hydrogen-bond donors (Lipinski definition) is 2. The molecule has 2 aromatic rings. The highest BCUT2D eigenvalue weighted by atomic mass is 127. The molecular formula is C18H28IN5. The van der Waals surface area contributed by atoms with Gasteiger partial charge in [-0.2, -0.15) is 5.10 Å². The molecule has 0 saturated heterocycles. The zero-order valence-electron chi connectivity index (χ0n) is 14.7. The maximum atomic E-state index is 4.65. The van der Waals surface area contributed by atoms with E-state index >= 15 is 0 Å². The van der Waals surface area contributed by atoms with Gasteiger partial charge in [0.15, 0.2) is 5.96 Å². The molecule has 24 heavy (non-hydrogen) atoms. The van der Waals surface area contributed by atoms with E-state index in [9.17, 15) is 0 Å². The number of halogens is 1. The van der Waals surface area contributed by atoms with Crippen LogP contribution in [0.15, 0.2) is 41.7 Å². The summed E-state index contributed by atoms with van der Waals surface area (Å²) in [4.78, 5) is 4.65. The largest absolute Gasteiger partial charge is 0.357 e. The van der Waals surface area contributed by atoms with E-state index in [1.807, 2.05) is 17.9 Å². The van der Waals surface area contributed by atoms with Crippen molar-refractivity contribution in [1.82, 2.24) is 20.4 Å². The number of aliphatic imine (C=N–C) groups is 1. The lowest BCUT2D eigenvalue weighted by Crippen LogP contribution is -2.37. The number of rotatable bonds is 7. The SMILES string of the molecule is CCNC(=NCc1cccc(C)c1)NCCCc1cnn(C)c1.I. The Bertz CT molecular complexity index is 636. The van der Waals surface area contributed by atoms with Crippen molar-refractivity contribution in [2.24, 2.45) is 12.0 Å². The predicted octanol–water partition coefficient (Wildman–Crippen LogP) is 3.03. The first-order valence-corrected chi connectivity index (χ1v) is 8.22. The van der Waals surface area contributed by atoms with Crippen molar-refractivity contribution in [3.63, 3.8) is 0 Å². The summed E-state index contributed by atoms with van der Waals surface area (Å²) in [6.07, 6.45) is 6.08. The van der Waals surface area contributed by atoms with Crippen LogP contribution in [0.2, 0.25) is 0 Å². The molecule has 5 nitrogen and oxygen atoms in total. The second kappa shape index (κ2) is 11.1. The van der Waals surface area contributed by atoms with Gasteiger partial charge in [0.25, 0.3) is 0 Å². The van der Waals surface area contributed by atoms with E-state index in [1.54, 1.807) is 0 Å². The molecule has 0 amide bonds. The fourth-order valence-corrected chi connectivity index (χ4v) is 2.42. The fourth-order valence-electron chi connectivity index (χ4n) is 2.42. The summed E-state index contributed by atoms with van der Waals surface area (Å²) >= 11 is 0. The van der Waals surface area contributed by atoms with Gasteiger partial charge >= 0.3 is 0 Å². The molecule has 0 fully saturated rings. The Morgan fingerprint density at radius 1 is 1.25 bits per heavy atom. The Morgan fingerprint density at radius 2 is 2.08 bits per heavy atom. The van der Waals surface area contributed by atoms with Gasteiger partial charge in [0.05, 0.1) is 12.7 Å². The van der Waals surface area contributed by atoms with Crippen LogP contribution in [-0.2, 0) is 20.0 Å². The van der Waals surface area contributed by atoms with Gasteiger partial charge < -0.3 is 10.6 Å². The molecule has 0 unspecified atom stereocenters. The standard InChI is InChI=1S/C18H27N5.HI/c1-4-19-18(21-12-16-8-5-7-15(2)11-16)20-10-6-9-17-13-22-23(3)14-17;/h5,7-8,11,13-14H,4,6,9-10,12H2,1-3H3,(H2,19,20,21);1H. The molecule has 0 saturated carbocycles. The highest BCUT2D eigenvalue weighted by molar-refractivity contribution is 14.0. The minimum atomic E-state index is 0. The third-order valence-electron chi connectivity index (χ3n) is 3.54. The number of nitrogens with one attached hydrogen (secondary N) is 2. The Kier molecular flexibility index (Phi) is 9.44. The van der Waals surface area contributed by atoms with Crippen LogP contribution >= 0.6 is 24.0 Å². The molecule has 0 aliphatic rings. The highest BCUT2D eigenvalue weighted by Crippen LogP contribution is 2.05. The molecule has 0 atom stereocenters. The van der Waals surface area contributed by atoms with Crippen LogP contribution in [0.1, 0.15) is 30.0 Å². The number of guanidine groups is 1. The minimum Gasteiger partial charge on any atom is -0.357 e. The van der Waals surface area contributed by atoms with Crippen LogP contribution in [0.5, 0.6) is 0 Å². The first kappa shape index (κ1) is 20.5. The molecule has 2 rings (SSSR count). The van der Waals surface area contributed by atoms with Gasteiger partial charge in [0.1, 0.15) is 0 Å². The third kappa shape index (κ3) is 7.33. The highest BCUT2D eigenvalue weighted by Gasteiger charge is 1.99. The summed E-state index contributed by atoms with van der Waals surface area (Å²) in [5.41, 5.74) is 3.78. The first-order valence-electron chi connectivity index (χ1n) is 8.22. The van der Waals surface area contributed by atoms with Crippen molar-refractivity contribution in [1.29, 1.82) is 0 Å². The Balaban J connectivity index is 0.00000288. The molecular weight excluding hydrogens is 413 g/mol. The van der Waals surface area contributed by atoms with Gasteiger partial charge in [0, 0.05) is 26.3 Å². The average Bonchev–Trinajstić information content (AvgIpc) is 2.94. The van der Waals surface area contributed by atoms with Crippen molar-refractivity contribution >= 4 is 29.9 Å². The summed E-state index contributed by atoms with van der Waals surface area (Å²) in [6.45, 7) is 6.64. The molecule has 0 spiro atoms. The lowest BCUT2D eigenvalue weighted by atomic mass is 10.1. The van der Waals surface area contributed by atoms with Gasteiger partial charge in [-0.3, -0.25) is 4.68 Å². The van der Waals surface area contributed by atoms with Crippen LogP contribution in [0.4, 0.5) is 0 Å². The number of nitrogens with zero attached hydrogens (tertiary/aromatic N) is 3. The van der Waals surface area contributed by atoms with E-state index in [2.05, 4.69) is 65.0 Å². The van der Waals surface area contributed by atoms with E-state index in [4.69, 9.17) is 0 Å². The van der Waals surface area contributed by atoms with Gasteiger partial charge in [-0.05, 0) is 37.8 Å².